The van der Waals surface area contributed by atoms with Gasteiger partial charge in [0.15, 0.2) is 6.61 Å². The third kappa shape index (κ3) is 4.35. The summed E-state index contributed by atoms with van der Waals surface area (Å²) in [5.41, 5.74) is 2.30. The second-order valence-electron chi connectivity index (χ2n) is 6.99. The van der Waals surface area contributed by atoms with Crippen LogP contribution in [0.15, 0.2) is 11.8 Å². The van der Waals surface area contributed by atoms with E-state index in [4.69, 9.17) is 14.2 Å². The third-order valence-corrected chi connectivity index (χ3v) is 9.16. The average Bonchev–Trinajstić information content (AvgIpc) is 2.66. The van der Waals surface area contributed by atoms with Crippen LogP contribution in [0, 0.1) is 0 Å². The number of carbonyl (C=O) groups excluding carboxylic acids is 1. The number of hydrogen-bond donors (Lipinski definition) is 0. The molecular formula is C15H28O4Si. The Morgan fingerprint density at radius 1 is 1.40 bits per heavy atom. The van der Waals surface area contributed by atoms with E-state index in [1.54, 1.807) is 0 Å². The Labute approximate surface area is 123 Å². The first-order chi connectivity index (χ1) is 9.12. The number of carbonyl (C=O) groups is 1. The monoisotopic (exact) mass is 300 g/mol. The van der Waals surface area contributed by atoms with Gasteiger partial charge in [-0.15, -0.1) is 0 Å². The van der Waals surface area contributed by atoms with E-state index < -0.39 is 20.0 Å². The minimum atomic E-state index is -1.44. The zero-order chi connectivity index (χ0) is 15.4. The molecule has 0 aromatic heterocycles. The largest absolute Gasteiger partial charge is 0.511 e. The van der Waals surface area contributed by atoms with Gasteiger partial charge < -0.3 is 14.2 Å². The van der Waals surface area contributed by atoms with Gasteiger partial charge in [0.1, 0.15) is 0 Å². The van der Waals surface area contributed by atoms with E-state index in [0.29, 0.717) is 18.1 Å². The molecule has 1 aliphatic heterocycles. The van der Waals surface area contributed by atoms with Crippen molar-refractivity contribution in [2.24, 2.45) is 0 Å². The van der Waals surface area contributed by atoms with Crippen LogP contribution in [0.2, 0.25) is 18.1 Å². The lowest BCUT2D eigenvalue weighted by molar-refractivity contribution is -0.176. The molecule has 0 aliphatic carbocycles. The molecule has 0 amide bonds. The van der Waals surface area contributed by atoms with Gasteiger partial charge in [-0.2, -0.15) is 0 Å². The maximum absolute atomic E-state index is 11.1. The molecule has 0 N–H and O–H groups in total. The zero-order valence-corrected chi connectivity index (χ0v) is 14.6. The van der Waals surface area contributed by atoms with Gasteiger partial charge in [0.05, 0.1) is 14.7 Å². The summed E-state index contributed by atoms with van der Waals surface area (Å²) in [6.07, 6.45) is 2.96. The van der Waals surface area contributed by atoms with Gasteiger partial charge in [-0.25, -0.2) is 4.79 Å². The Balaban J connectivity index is 2.56. The molecule has 116 valence electrons. The number of hydrogen-bond acceptors (Lipinski definition) is 4. The lowest BCUT2D eigenvalue weighted by atomic mass is 10.1. The summed E-state index contributed by atoms with van der Waals surface area (Å²) in [6, 6.07) is 0. The van der Waals surface area contributed by atoms with Crippen LogP contribution >= 0.6 is 0 Å². The highest BCUT2D eigenvalue weighted by Crippen LogP contribution is 2.36. The fourth-order valence-corrected chi connectivity index (χ4v) is 3.01. The highest BCUT2D eigenvalue weighted by molar-refractivity contribution is 6.84. The summed E-state index contributed by atoms with van der Waals surface area (Å²) < 4.78 is 15.8. The van der Waals surface area contributed by atoms with Crippen LogP contribution < -0.4 is 0 Å². The highest BCUT2D eigenvalue weighted by Gasteiger charge is 2.42. The molecule has 1 unspecified atom stereocenters. The fourth-order valence-electron chi connectivity index (χ4n) is 1.82. The van der Waals surface area contributed by atoms with Crippen LogP contribution in [0.1, 0.15) is 40.5 Å². The van der Waals surface area contributed by atoms with Crippen LogP contribution in [0.5, 0.6) is 0 Å². The van der Waals surface area contributed by atoms with Crippen molar-refractivity contribution in [2.75, 3.05) is 13.2 Å². The maximum atomic E-state index is 11.1. The minimum Gasteiger partial charge on any atom is -0.427 e. The smallest absolute Gasteiger partial charge is 0.427 e. The zero-order valence-electron chi connectivity index (χ0n) is 13.6. The highest BCUT2D eigenvalue weighted by atomic mass is 28.3. The lowest BCUT2D eigenvalue weighted by Gasteiger charge is -2.34. The summed E-state index contributed by atoms with van der Waals surface area (Å²) in [7, 11) is -1.44. The van der Waals surface area contributed by atoms with Crippen molar-refractivity contribution in [3.63, 3.8) is 0 Å². The molecule has 5 heteroatoms. The molecule has 1 rings (SSSR count). The summed E-state index contributed by atoms with van der Waals surface area (Å²) in [6.45, 7) is 14.2. The fraction of sp³-hybridized carbons (Fsp3) is 0.800. The average molecular weight is 300 g/mol. The third-order valence-electron chi connectivity index (χ3n) is 4.22. The van der Waals surface area contributed by atoms with Crippen LogP contribution in [0.25, 0.3) is 0 Å². The summed E-state index contributed by atoms with van der Waals surface area (Å²) in [5.74, 6) is -0.885. The van der Waals surface area contributed by atoms with E-state index in [1.165, 1.54) is 0 Å². The molecule has 20 heavy (non-hydrogen) atoms. The normalized spacial score (nSPS) is 24.0. The first-order valence-electron chi connectivity index (χ1n) is 7.29. The molecule has 0 bridgehead atoms. The van der Waals surface area contributed by atoms with E-state index in [-0.39, 0.29) is 6.61 Å². The molecule has 4 nitrogen and oxygen atoms in total. The standard InChI is InChI=1S/C15H28O4Si/c1-7-9-15(12-17-13(16)19-15)18-10-8-11-20(5,6)14(2,3)4/h8,11H,7,9-10,12H2,1-6H3/b11-8+. The lowest BCUT2D eigenvalue weighted by Crippen LogP contribution is -2.36. The van der Waals surface area contributed by atoms with Gasteiger partial charge in [0.25, 0.3) is 5.79 Å². The molecule has 0 saturated carbocycles. The van der Waals surface area contributed by atoms with Gasteiger partial charge >= 0.3 is 6.16 Å². The predicted octanol–water partition coefficient (Wildman–Crippen LogP) is 4.27. The topological polar surface area (TPSA) is 44.8 Å². The minimum absolute atomic E-state index is 0.188. The number of ether oxygens (including phenoxy) is 3. The van der Waals surface area contributed by atoms with Crippen LogP contribution in [0.3, 0.4) is 0 Å². The maximum Gasteiger partial charge on any atom is 0.511 e. The molecule has 1 aliphatic rings. The Hall–Kier alpha value is -0.813. The molecule has 0 aromatic rings. The molecule has 1 saturated heterocycles. The van der Waals surface area contributed by atoms with Crippen LogP contribution in [0.4, 0.5) is 4.79 Å². The number of cyclic esters (lactones) is 2. The van der Waals surface area contributed by atoms with Gasteiger partial charge in [-0.1, -0.05) is 52.6 Å². The summed E-state index contributed by atoms with van der Waals surface area (Å²) in [5, 5.41) is 0.313. The SMILES string of the molecule is CCCC1(OC/C=C/[Si](C)(C)C(C)(C)C)COC(=O)O1. The molecule has 1 heterocycles. The second-order valence-corrected chi connectivity index (χ2v) is 12.3. The Morgan fingerprint density at radius 3 is 2.50 bits per heavy atom. The number of rotatable bonds is 6. The molecule has 1 atom stereocenters. The van der Waals surface area contributed by atoms with E-state index in [0.717, 1.165) is 6.42 Å². The van der Waals surface area contributed by atoms with Gasteiger partial charge in [0.2, 0.25) is 0 Å². The molecular weight excluding hydrogens is 272 g/mol. The second kappa shape index (κ2) is 6.31. The van der Waals surface area contributed by atoms with Crippen molar-refractivity contribution in [3.8, 4) is 0 Å². The molecule has 0 radical (unpaired) electrons. The van der Waals surface area contributed by atoms with Gasteiger partial charge in [0, 0.05) is 6.42 Å². The van der Waals surface area contributed by atoms with Crippen molar-refractivity contribution in [1.82, 2.24) is 0 Å². The molecule has 1 fully saturated rings. The molecule has 0 spiro atoms. The van der Waals surface area contributed by atoms with Crippen molar-refractivity contribution in [3.05, 3.63) is 11.8 Å². The first kappa shape index (κ1) is 17.2. The van der Waals surface area contributed by atoms with Crippen LogP contribution in [-0.4, -0.2) is 33.2 Å². The van der Waals surface area contributed by atoms with Crippen molar-refractivity contribution in [1.29, 1.82) is 0 Å². The summed E-state index contributed by atoms with van der Waals surface area (Å²) in [4.78, 5) is 11.1. The van der Waals surface area contributed by atoms with E-state index in [1.807, 2.05) is 6.92 Å². The van der Waals surface area contributed by atoms with E-state index >= 15 is 0 Å². The van der Waals surface area contributed by atoms with Crippen molar-refractivity contribution >= 4 is 14.2 Å². The van der Waals surface area contributed by atoms with Gasteiger partial charge in [-0.3, -0.25) is 0 Å². The first-order valence-corrected chi connectivity index (χ1v) is 10.4. The van der Waals surface area contributed by atoms with Crippen LogP contribution in [-0.2, 0) is 14.2 Å². The summed E-state index contributed by atoms with van der Waals surface area (Å²) >= 11 is 0. The quantitative estimate of drug-likeness (QED) is 0.543. The van der Waals surface area contributed by atoms with Crippen molar-refractivity contribution < 1.29 is 19.0 Å². The van der Waals surface area contributed by atoms with E-state index in [9.17, 15) is 4.79 Å². The predicted molar refractivity (Wildman–Crippen MR) is 82.4 cm³/mol. The Morgan fingerprint density at radius 2 is 2.05 bits per heavy atom. The Bertz CT molecular complexity index is 371. The van der Waals surface area contributed by atoms with Crippen molar-refractivity contribution in [2.45, 2.75) is 64.5 Å². The van der Waals surface area contributed by atoms with Gasteiger partial charge in [-0.05, 0) is 11.5 Å². The Kier molecular flexibility index (Phi) is 5.44. The van der Waals surface area contributed by atoms with E-state index in [2.05, 4.69) is 45.6 Å². The molecule has 0 aromatic carbocycles.